The van der Waals surface area contributed by atoms with Crippen LogP contribution in [0.2, 0.25) is 0 Å². The van der Waals surface area contributed by atoms with Gasteiger partial charge in [0.25, 0.3) is 0 Å². The van der Waals surface area contributed by atoms with Crippen LogP contribution in [0.3, 0.4) is 0 Å². The highest BCUT2D eigenvalue weighted by atomic mass is 35.5. The van der Waals surface area contributed by atoms with E-state index in [0.29, 0.717) is 12.5 Å². The van der Waals surface area contributed by atoms with E-state index in [0.717, 1.165) is 12.3 Å². The molecule has 1 aliphatic heterocycles. The molecule has 0 aromatic carbocycles. The highest BCUT2D eigenvalue weighted by molar-refractivity contribution is 5.85. The van der Waals surface area contributed by atoms with Crippen molar-refractivity contribution >= 4 is 12.4 Å². The van der Waals surface area contributed by atoms with Crippen LogP contribution in [-0.4, -0.2) is 24.8 Å². The SMILES string of the molecule is CC(CCO)C1CCNCC1.Cl. The Kier molecular flexibility index (Phi) is 6.81. The van der Waals surface area contributed by atoms with Crippen molar-refractivity contribution in [3.05, 3.63) is 0 Å². The molecule has 0 amide bonds. The van der Waals surface area contributed by atoms with E-state index >= 15 is 0 Å². The molecule has 1 aliphatic rings. The van der Waals surface area contributed by atoms with Crippen LogP contribution in [0.5, 0.6) is 0 Å². The van der Waals surface area contributed by atoms with Crippen LogP contribution in [0.25, 0.3) is 0 Å². The van der Waals surface area contributed by atoms with Gasteiger partial charge < -0.3 is 10.4 Å². The van der Waals surface area contributed by atoms with Crippen molar-refractivity contribution in [1.29, 1.82) is 0 Å². The summed E-state index contributed by atoms with van der Waals surface area (Å²) in [6, 6.07) is 0. The maximum atomic E-state index is 8.75. The van der Waals surface area contributed by atoms with E-state index in [2.05, 4.69) is 12.2 Å². The Hall–Kier alpha value is 0.210. The van der Waals surface area contributed by atoms with Crippen molar-refractivity contribution in [2.45, 2.75) is 26.2 Å². The molecule has 0 bridgehead atoms. The number of rotatable bonds is 3. The molecule has 0 aromatic rings. The molecule has 3 heteroatoms. The minimum atomic E-state index is 0. The van der Waals surface area contributed by atoms with Crippen molar-refractivity contribution < 1.29 is 5.11 Å². The Bertz CT molecular complexity index is 105. The predicted octanol–water partition coefficient (Wildman–Crippen LogP) is 1.43. The third kappa shape index (κ3) is 3.74. The average Bonchev–Trinajstić information content (AvgIpc) is 2.07. The van der Waals surface area contributed by atoms with Crippen LogP contribution < -0.4 is 5.32 Å². The fourth-order valence-electron chi connectivity index (χ4n) is 1.85. The summed E-state index contributed by atoms with van der Waals surface area (Å²) in [6.07, 6.45) is 3.56. The first-order valence-electron chi connectivity index (χ1n) is 4.66. The van der Waals surface area contributed by atoms with Crippen LogP contribution in [0.1, 0.15) is 26.2 Å². The van der Waals surface area contributed by atoms with E-state index in [-0.39, 0.29) is 12.4 Å². The Labute approximate surface area is 81.2 Å². The Morgan fingerprint density at radius 3 is 2.50 bits per heavy atom. The molecule has 1 saturated heterocycles. The van der Waals surface area contributed by atoms with E-state index in [1.807, 2.05) is 0 Å². The van der Waals surface area contributed by atoms with Gasteiger partial charge in [0.2, 0.25) is 0 Å². The number of hydrogen-bond acceptors (Lipinski definition) is 2. The van der Waals surface area contributed by atoms with Crippen LogP contribution in [0.4, 0.5) is 0 Å². The number of aliphatic hydroxyl groups excluding tert-OH is 1. The van der Waals surface area contributed by atoms with Gasteiger partial charge in [-0.05, 0) is 44.2 Å². The first-order valence-corrected chi connectivity index (χ1v) is 4.66. The molecule has 0 spiro atoms. The lowest BCUT2D eigenvalue weighted by Gasteiger charge is -2.27. The molecule has 1 rings (SSSR count). The first kappa shape index (κ1) is 12.2. The van der Waals surface area contributed by atoms with Gasteiger partial charge in [0.05, 0.1) is 0 Å². The summed E-state index contributed by atoms with van der Waals surface area (Å²) in [5.74, 6) is 1.56. The zero-order valence-corrected chi connectivity index (χ0v) is 8.57. The molecule has 0 radical (unpaired) electrons. The molecule has 1 atom stereocenters. The molecule has 1 unspecified atom stereocenters. The van der Waals surface area contributed by atoms with E-state index in [1.54, 1.807) is 0 Å². The van der Waals surface area contributed by atoms with Gasteiger partial charge in [-0.1, -0.05) is 6.92 Å². The molecule has 0 aliphatic carbocycles. The summed E-state index contributed by atoms with van der Waals surface area (Å²) in [4.78, 5) is 0. The van der Waals surface area contributed by atoms with Crippen molar-refractivity contribution in [3.8, 4) is 0 Å². The van der Waals surface area contributed by atoms with E-state index in [1.165, 1.54) is 25.9 Å². The molecule has 2 N–H and O–H groups in total. The van der Waals surface area contributed by atoms with Gasteiger partial charge in [0, 0.05) is 6.61 Å². The van der Waals surface area contributed by atoms with E-state index < -0.39 is 0 Å². The van der Waals surface area contributed by atoms with Gasteiger partial charge in [-0.25, -0.2) is 0 Å². The molecular weight excluding hydrogens is 174 g/mol. The molecule has 74 valence electrons. The van der Waals surface area contributed by atoms with Crippen molar-refractivity contribution in [1.82, 2.24) is 5.32 Å². The zero-order chi connectivity index (χ0) is 8.10. The predicted molar refractivity (Wildman–Crippen MR) is 53.7 cm³/mol. The summed E-state index contributed by atoms with van der Waals surface area (Å²) < 4.78 is 0. The second kappa shape index (κ2) is 6.70. The lowest BCUT2D eigenvalue weighted by molar-refractivity contribution is 0.204. The third-order valence-corrected chi connectivity index (χ3v) is 2.77. The number of nitrogens with one attached hydrogen (secondary N) is 1. The Balaban J connectivity index is 0.00000121. The zero-order valence-electron chi connectivity index (χ0n) is 7.75. The summed E-state index contributed by atoms with van der Waals surface area (Å²) >= 11 is 0. The van der Waals surface area contributed by atoms with E-state index in [4.69, 9.17) is 5.11 Å². The van der Waals surface area contributed by atoms with Crippen LogP contribution in [0, 0.1) is 11.8 Å². The minimum Gasteiger partial charge on any atom is -0.396 e. The second-order valence-electron chi connectivity index (χ2n) is 3.58. The van der Waals surface area contributed by atoms with Gasteiger partial charge in [0.1, 0.15) is 0 Å². The summed E-state index contributed by atoms with van der Waals surface area (Å²) in [6.45, 7) is 4.94. The number of halogens is 1. The maximum Gasteiger partial charge on any atom is 0.0433 e. The topological polar surface area (TPSA) is 32.3 Å². The third-order valence-electron chi connectivity index (χ3n) is 2.77. The van der Waals surface area contributed by atoms with Crippen molar-refractivity contribution in [2.24, 2.45) is 11.8 Å². The molecule has 2 nitrogen and oxygen atoms in total. The number of aliphatic hydroxyl groups is 1. The molecule has 0 saturated carbocycles. The average molecular weight is 194 g/mol. The maximum absolute atomic E-state index is 8.75. The highest BCUT2D eigenvalue weighted by Crippen LogP contribution is 2.23. The lowest BCUT2D eigenvalue weighted by atomic mass is 9.84. The number of piperidine rings is 1. The fourth-order valence-corrected chi connectivity index (χ4v) is 1.85. The molecular formula is C9H20ClNO. The van der Waals surface area contributed by atoms with Crippen LogP contribution >= 0.6 is 12.4 Å². The normalized spacial score (nSPS) is 21.5. The quantitative estimate of drug-likeness (QED) is 0.711. The van der Waals surface area contributed by atoms with Gasteiger partial charge in [0.15, 0.2) is 0 Å². The standard InChI is InChI=1S/C9H19NO.ClH/c1-8(4-7-11)9-2-5-10-6-3-9;/h8-11H,2-7H2,1H3;1H. The number of hydrogen-bond donors (Lipinski definition) is 2. The fraction of sp³-hybridized carbons (Fsp3) is 1.00. The molecule has 1 heterocycles. The molecule has 1 fully saturated rings. The van der Waals surface area contributed by atoms with Gasteiger partial charge in [-0.2, -0.15) is 0 Å². The molecule has 0 aromatic heterocycles. The lowest BCUT2D eigenvalue weighted by Crippen LogP contribution is -2.31. The Morgan fingerprint density at radius 2 is 2.00 bits per heavy atom. The van der Waals surface area contributed by atoms with Crippen molar-refractivity contribution in [3.63, 3.8) is 0 Å². The monoisotopic (exact) mass is 193 g/mol. The van der Waals surface area contributed by atoms with Gasteiger partial charge >= 0.3 is 0 Å². The second-order valence-corrected chi connectivity index (χ2v) is 3.58. The van der Waals surface area contributed by atoms with Crippen LogP contribution in [-0.2, 0) is 0 Å². The van der Waals surface area contributed by atoms with Gasteiger partial charge in [-0.15, -0.1) is 12.4 Å². The van der Waals surface area contributed by atoms with E-state index in [9.17, 15) is 0 Å². The molecule has 12 heavy (non-hydrogen) atoms. The smallest absolute Gasteiger partial charge is 0.0433 e. The highest BCUT2D eigenvalue weighted by Gasteiger charge is 2.18. The largest absolute Gasteiger partial charge is 0.396 e. The first-order chi connectivity index (χ1) is 5.34. The summed E-state index contributed by atoms with van der Waals surface area (Å²) in [5, 5.41) is 12.1. The van der Waals surface area contributed by atoms with Crippen molar-refractivity contribution in [2.75, 3.05) is 19.7 Å². The summed E-state index contributed by atoms with van der Waals surface area (Å²) in [5.41, 5.74) is 0. The summed E-state index contributed by atoms with van der Waals surface area (Å²) in [7, 11) is 0. The van der Waals surface area contributed by atoms with Gasteiger partial charge in [-0.3, -0.25) is 0 Å². The minimum absolute atomic E-state index is 0. The Morgan fingerprint density at radius 1 is 1.42 bits per heavy atom. The van der Waals surface area contributed by atoms with Crippen LogP contribution in [0.15, 0.2) is 0 Å².